The molecule has 0 aromatic heterocycles. The first-order valence-electron chi connectivity index (χ1n) is 6.00. The van der Waals surface area contributed by atoms with Crippen molar-refractivity contribution in [3.63, 3.8) is 0 Å². The zero-order valence-corrected chi connectivity index (χ0v) is 10.3. The fourth-order valence-corrected chi connectivity index (χ4v) is 3.75. The van der Waals surface area contributed by atoms with Crippen LogP contribution in [0.4, 0.5) is 13.2 Å². The van der Waals surface area contributed by atoms with Crippen LogP contribution in [-0.2, 0) is 4.79 Å². The van der Waals surface area contributed by atoms with Gasteiger partial charge in [0.1, 0.15) is 0 Å². The van der Waals surface area contributed by atoms with Crippen molar-refractivity contribution in [2.45, 2.75) is 51.7 Å². The van der Waals surface area contributed by atoms with Gasteiger partial charge in [-0.1, -0.05) is 20.8 Å². The van der Waals surface area contributed by atoms with Crippen molar-refractivity contribution < 1.29 is 18.0 Å². The maximum Gasteiger partial charge on any atom is 0.471 e. The Kier molecular flexibility index (Phi) is 2.53. The van der Waals surface area contributed by atoms with Gasteiger partial charge in [-0.2, -0.15) is 13.2 Å². The predicted octanol–water partition coefficient (Wildman–Crippen LogP) is 2.88. The van der Waals surface area contributed by atoms with E-state index in [2.05, 4.69) is 5.32 Å². The van der Waals surface area contributed by atoms with Gasteiger partial charge in [-0.15, -0.1) is 0 Å². The van der Waals surface area contributed by atoms with Gasteiger partial charge in [0.05, 0.1) is 0 Å². The van der Waals surface area contributed by atoms with Gasteiger partial charge >= 0.3 is 12.1 Å². The Labute approximate surface area is 98.9 Å². The quantitative estimate of drug-likeness (QED) is 0.760. The molecule has 3 atom stereocenters. The molecule has 0 radical (unpaired) electrons. The van der Waals surface area contributed by atoms with E-state index in [1.807, 2.05) is 20.8 Å². The third kappa shape index (κ3) is 1.58. The summed E-state index contributed by atoms with van der Waals surface area (Å²) >= 11 is 0. The number of fused-ring (bicyclic) bond motifs is 2. The van der Waals surface area contributed by atoms with Gasteiger partial charge in [-0.05, 0) is 36.5 Å². The molecule has 0 heterocycles. The molecule has 3 rings (SSSR count). The van der Waals surface area contributed by atoms with Crippen molar-refractivity contribution in [3.05, 3.63) is 0 Å². The zero-order chi connectivity index (χ0) is 13.1. The Morgan fingerprint density at radius 1 is 1.29 bits per heavy atom. The Morgan fingerprint density at radius 3 is 2.29 bits per heavy atom. The molecule has 1 amide bonds. The molecule has 1 N–H and O–H groups in total. The Balaban J connectivity index is 2.21. The van der Waals surface area contributed by atoms with E-state index in [-0.39, 0.29) is 11.3 Å². The average Bonchev–Trinajstić information content (AvgIpc) is 2.18. The highest BCUT2D eigenvalue weighted by Gasteiger charge is 2.66. The van der Waals surface area contributed by atoms with Crippen LogP contribution in [0.2, 0.25) is 0 Å². The molecule has 3 aliphatic rings. The first-order valence-corrected chi connectivity index (χ1v) is 6.00. The Morgan fingerprint density at radius 2 is 1.88 bits per heavy atom. The van der Waals surface area contributed by atoms with Crippen LogP contribution < -0.4 is 5.32 Å². The molecular formula is C12H18F3NO. The lowest BCUT2D eigenvalue weighted by atomic mass is 9.41. The molecule has 3 saturated carbocycles. The second kappa shape index (κ2) is 3.39. The summed E-state index contributed by atoms with van der Waals surface area (Å²) in [6.45, 7) is 5.87. The fourth-order valence-electron chi connectivity index (χ4n) is 3.75. The highest BCUT2D eigenvalue weighted by Crippen LogP contribution is 2.64. The molecule has 0 spiro atoms. The standard InChI is InChI=1S/C12H18F3NO/c1-7-4-5-8-6-11(7,10(8,2)3)16-9(17)12(13,14)15/h7-8H,4-6H2,1-3H3,(H,16,17)/t7-,8+,11-/m0/s1. The zero-order valence-electron chi connectivity index (χ0n) is 10.3. The molecular weight excluding hydrogens is 231 g/mol. The minimum Gasteiger partial charge on any atom is -0.342 e. The summed E-state index contributed by atoms with van der Waals surface area (Å²) < 4.78 is 37.1. The van der Waals surface area contributed by atoms with Gasteiger partial charge in [-0.3, -0.25) is 4.79 Å². The van der Waals surface area contributed by atoms with Gasteiger partial charge in [0, 0.05) is 5.54 Å². The largest absolute Gasteiger partial charge is 0.471 e. The van der Waals surface area contributed by atoms with Gasteiger partial charge in [-0.25, -0.2) is 0 Å². The maximum atomic E-state index is 12.4. The third-order valence-electron chi connectivity index (χ3n) is 5.12. The Bertz CT molecular complexity index is 350. The van der Waals surface area contributed by atoms with Crippen LogP contribution in [-0.4, -0.2) is 17.6 Å². The molecule has 98 valence electrons. The number of hydrogen-bond donors (Lipinski definition) is 1. The van der Waals surface area contributed by atoms with Crippen molar-refractivity contribution in [3.8, 4) is 0 Å². The van der Waals surface area contributed by atoms with Gasteiger partial charge in [0.25, 0.3) is 0 Å². The van der Waals surface area contributed by atoms with Crippen LogP contribution in [0.3, 0.4) is 0 Å². The number of halogens is 3. The predicted molar refractivity (Wildman–Crippen MR) is 57.2 cm³/mol. The number of amides is 1. The lowest BCUT2D eigenvalue weighted by Crippen LogP contribution is -2.75. The van der Waals surface area contributed by atoms with Crippen LogP contribution in [0, 0.1) is 17.3 Å². The van der Waals surface area contributed by atoms with Crippen LogP contribution in [0.25, 0.3) is 0 Å². The molecule has 3 fully saturated rings. The summed E-state index contributed by atoms with van der Waals surface area (Å²) in [4.78, 5) is 11.2. The molecule has 17 heavy (non-hydrogen) atoms. The topological polar surface area (TPSA) is 29.1 Å². The summed E-state index contributed by atoms with van der Waals surface area (Å²) in [6.07, 6.45) is -2.15. The Hall–Kier alpha value is -0.740. The second-order valence-electron chi connectivity index (χ2n) is 6.02. The minimum absolute atomic E-state index is 0.105. The average molecular weight is 249 g/mol. The SMILES string of the molecule is C[C@H]1CC[C@@H]2C[C@@]1(NC(=O)C(F)(F)F)C2(C)C. The van der Waals surface area contributed by atoms with Crippen molar-refractivity contribution in [1.29, 1.82) is 0 Å². The molecule has 0 aromatic rings. The molecule has 3 aliphatic carbocycles. The van der Waals surface area contributed by atoms with E-state index in [0.717, 1.165) is 12.8 Å². The summed E-state index contributed by atoms with van der Waals surface area (Å²) in [5.41, 5.74) is -0.895. The van der Waals surface area contributed by atoms with Crippen molar-refractivity contribution >= 4 is 5.91 Å². The number of carbonyl (C=O) groups is 1. The molecule has 0 aromatic carbocycles. The molecule has 2 nitrogen and oxygen atoms in total. The van der Waals surface area contributed by atoms with E-state index < -0.39 is 17.6 Å². The maximum absolute atomic E-state index is 12.4. The van der Waals surface area contributed by atoms with Crippen LogP contribution >= 0.6 is 0 Å². The smallest absolute Gasteiger partial charge is 0.342 e. The minimum atomic E-state index is -4.78. The molecule has 2 bridgehead atoms. The van der Waals surface area contributed by atoms with Crippen LogP contribution in [0.5, 0.6) is 0 Å². The van der Waals surface area contributed by atoms with E-state index in [9.17, 15) is 18.0 Å². The molecule has 0 saturated heterocycles. The normalized spacial score (nSPS) is 39.4. The number of alkyl halides is 3. The van der Waals surface area contributed by atoms with Gasteiger partial charge in [0.15, 0.2) is 0 Å². The lowest BCUT2D eigenvalue weighted by molar-refractivity contribution is -0.194. The monoisotopic (exact) mass is 249 g/mol. The summed E-state index contributed by atoms with van der Waals surface area (Å²) in [6, 6.07) is 0. The number of hydrogen-bond acceptors (Lipinski definition) is 1. The summed E-state index contributed by atoms with van der Waals surface area (Å²) in [5.74, 6) is -1.25. The summed E-state index contributed by atoms with van der Waals surface area (Å²) in [7, 11) is 0. The number of rotatable bonds is 1. The van der Waals surface area contributed by atoms with E-state index in [0.29, 0.717) is 12.3 Å². The van der Waals surface area contributed by atoms with E-state index in [1.165, 1.54) is 0 Å². The first kappa shape index (κ1) is 12.7. The van der Waals surface area contributed by atoms with Crippen molar-refractivity contribution in [1.82, 2.24) is 5.32 Å². The summed E-state index contributed by atoms with van der Waals surface area (Å²) in [5, 5.41) is 2.28. The third-order valence-corrected chi connectivity index (χ3v) is 5.12. The van der Waals surface area contributed by atoms with Crippen LogP contribution in [0.1, 0.15) is 40.0 Å². The van der Waals surface area contributed by atoms with Gasteiger partial charge < -0.3 is 5.32 Å². The van der Waals surface area contributed by atoms with Crippen LogP contribution in [0.15, 0.2) is 0 Å². The fraction of sp³-hybridized carbons (Fsp3) is 0.917. The second-order valence-corrected chi connectivity index (χ2v) is 6.02. The highest BCUT2D eigenvalue weighted by atomic mass is 19.4. The molecule has 5 heteroatoms. The van der Waals surface area contributed by atoms with Gasteiger partial charge in [0.2, 0.25) is 0 Å². The van der Waals surface area contributed by atoms with E-state index in [4.69, 9.17) is 0 Å². The molecule has 0 aliphatic heterocycles. The lowest BCUT2D eigenvalue weighted by Gasteiger charge is -2.68. The van der Waals surface area contributed by atoms with E-state index >= 15 is 0 Å². The highest BCUT2D eigenvalue weighted by molar-refractivity contribution is 5.82. The van der Waals surface area contributed by atoms with Crippen molar-refractivity contribution in [2.24, 2.45) is 17.3 Å². The van der Waals surface area contributed by atoms with Crippen molar-refractivity contribution in [2.75, 3.05) is 0 Å². The molecule has 0 unspecified atom stereocenters. The first-order chi connectivity index (χ1) is 7.61. The number of nitrogens with one attached hydrogen (secondary N) is 1. The van der Waals surface area contributed by atoms with E-state index in [1.54, 1.807) is 0 Å². The number of carbonyl (C=O) groups excluding carboxylic acids is 1.